The maximum atomic E-state index is 12.6. The van der Waals surface area contributed by atoms with Crippen LogP contribution < -0.4 is 11.1 Å². The molecule has 3 N–H and O–H groups in total. The number of amides is 1. The second kappa shape index (κ2) is 7.24. The summed E-state index contributed by atoms with van der Waals surface area (Å²) in [6.45, 7) is 4.21. The monoisotopic (exact) mass is 290 g/mol. The van der Waals surface area contributed by atoms with Crippen LogP contribution in [0.2, 0.25) is 0 Å². The molecule has 112 valence electrons. The normalized spacial score (nSPS) is 19.4. The Bertz CT molecular complexity index is 387. The number of carbonyl (C=O) groups is 1. The molecule has 1 fully saturated rings. The highest BCUT2D eigenvalue weighted by atomic mass is 32.2. The van der Waals surface area contributed by atoms with Crippen molar-refractivity contribution in [3.63, 3.8) is 0 Å². The lowest BCUT2D eigenvalue weighted by atomic mass is 10.0. The first-order valence-electron chi connectivity index (χ1n) is 7.11. The molecule has 0 saturated heterocycles. The Morgan fingerprint density at radius 1 is 1.26 bits per heavy atom. The van der Waals surface area contributed by atoms with Gasteiger partial charge in [-0.05, 0) is 18.8 Å². The van der Waals surface area contributed by atoms with Crippen LogP contribution in [0, 0.1) is 5.92 Å². The summed E-state index contributed by atoms with van der Waals surface area (Å²) < 4.78 is 25.3. The van der Waals surface area contributed by atoms with Crippen LogP contribution in [0.1, 0.15) is 46.0 Å². The van der Waals surface area contributed by atoms with Crippen molar-refractivity contribution in [1.82, 2.24) is 5.32 Å². The lowest BCUT2D eigenvalue weighted by Crippen LogP contribution is -2.48. The van der Waals surface area contributed by atoms with Crippen molar-refractivity contribution in [2.24, 2.45) is 11.7 Å². The van der Waals surface area contributed by atoms with E-state index < -0.39 is 21.0 Å². The van der Waals surface area contributed by atoms with E-state index in [1.54, 1.807) is 13.8 Å². The number of hydrogen-bond donors (Lipinski definition) is 2. The number of rotatable bonds is 6. The van der Waals surface area contributed by atoms with Crippen LogP contribution >= 0.6 is 0 Å². The second-order valence-electron chi connectivity index (χ2n) is 5.59. The summed E-state index contributed by atoms with van der Waals surface area (Å²) in [6, 6.07) is 0. The van der Waals surface area contributed by atoms with Crippen LogP contribution in [0.4, 0.5) is 0 Å². The molecule has 5 nitrogen and oxygen atoms in total. The summed E-state index contributed by atoms with van der Waals surface area (Å²) in [5.74, 6) is -0.615. The van der Waals surface area contributed by atoms with Crippen molar-refractivity contribution in [1.29, 1.82) is 0 Å². The molecule has 0 aromatic rings. The van der Waals surface area contributed by atoms with Gasteiger partial charge in [-0.1, -0.05) is 33.1 Å². The Balaban J connectivity index is 2.87. The molecule has 1 atom stereocenters. The summed E-state index contributed by atoms with van der Waals surface area (Å²) in [5.41, 5.74) is 5.34. The number of sulfone groups is 1. The van der Waals surface area contributed by atoms with Crippen LogP contribution in [0.5, 0.6) is 0 Å². The third-order valence-electron chi connectivity index (χ3n) is 3.68. The lowest BCUT2D eigenvalue weighted by Gasteiger charge is -2.28. The standard InChI is InChI=1S/C13H26N2O3S/c1-10(2)12(13(16)15-9-8-14)19(17,18)11-6-4-3-5-7-11/h10-12H,3-9,14H2,1-2H3,(H,15,16). The van der Waals surface area contributed by atoms with Gasteiger partial charge in [0.25, 0.3) is 0 Å². The first-order valence-corrected chi connectivity index (χ1v) is 8.72. The minimum absolute atomic E-state index is 0.218. The summed E-state index contributed by atoms with van der Waals surface area (Å²) in [5, 5.41) is 1.32. The summed E-state index contributed by atoms with van der Waals surface area (Å²) in [7, 11) is -3.41. The molecule has 19 heavy (non-hydrogen) atoms. The molecule has 6 heteroatoms. The zero-order valence-corrected chi connectivity index (χ0v) is 12.7. The molecule has 0 aromatic carbocycles. The fourth-order valence-electron chi connectivity index (χ4n) is 2.73. The summed E-state index contributed by atoms with van der Waals surface area (Å²) in [6.07, 6.45) is 4.36. The Morgan fingerprint density at radius 3 is 2.32 bits per heavy atom. The van der Waals surface area contributed by atoms with E-state index in [0.29, 0.717) is 25.9 Å². The van der Waals surface area contributed by atoms with Crippen LogP contribution in [0.3, 0.4) is 0 Å². The number of nitrogens with two attached hydrogens (primary N) is 1. The number of nitrogens with one attached hydrogen (secondary N) is 1. The molecule has 0 spiro atoms. The minimum Gasteiger partial charge on any atom is -0.354 e. The van der Waals surface area contributed by atoms with Gasteiger partial charge in [-0.25, -0.2) is 8.42 Å². The molecule has 1 aliphatic carbocycles. The molecule has 0 radical (unpaired) electrons. The fraction of sp³-hybridized carbons (Fsp3) is 0.923. The van der Waals surface area contributed by atoms with Gasteiger partial charge in [0, 0.05) is 13.1 Å². The van der Waals surface area contributed by atoms with Crippen LogP contribution in [-0.2, 0) is 14.6 Å². The van der Waals surface area contributed by atoms with E-state index in [1.807, 2.05) is 0 Å². The average Bonchev–Trinajstić information content (AvgIpc) is 2.36. The molecular weight excluding hydrogens is 264 g/mol. The summed E-state index contributed by atoms with van der Waals surface area (Å²) >= 11 is 0. The van der Waals surface area contributed by atoms with Gasteiger partial charge in [0.15, 0.2) is 9.84 Å². The molecule has 0 heterocycles. The predicted molar refractivity (Wildman–Crippen MR) is 76.5 cm³/mol. The molecule has 1 amide bonds. The molecule has 1 saturated carbocycles. The zero-order valence-electron chi connectivity index (χ0n) is 11.9. The minimum atomic E-state index is -3.41. The molecule has 0 aliphatic heterocycles. The Morgan fingerprint density at radius 2 is 1.84 bits per heavy atom. The molecule has 0 aromatic heterocycles. The van der Waals surface area contributed by atoms with Gasteiger partial charge in [0.2, 0.25) is 5.91 Å². The van der Waals surface area contributed by atoms with Gasteiger partial charge in [-0.2, -0.15) is 0 Å². The highest BCUT2D eigenvalue weighted by Gasteiger charge is 2.40. The molecule has 1 aliphatic rings. The predicted octanol–water partition coefficient (Wildman–Crippen LogP) is 0.833. The first kappa shape index (κ1) is 16.4. The van der Waals surface area contributed by atoms with Gasteiger partial charge >= 0.3 is 0 Å². The SMILES string of the molecule is CC(C)C(C(=O)NCCN)S(=O)(=O)C1CCCCC1. The van der Waals surface area contributed by atoms with Crippen molar-refractivity contribution in [3.05, 3.63) is 0 Å². The van der Waals surface area contributed by atoms with Gasteiger partial charge in [0.05, 0.1) is 5.25 Å². The van der Waals surface area contributed by atoms with Crippen molar-refractivity contribution in [3.8, 4) is 0 Å². The maximum Gasteiger partial charge on any atom is 0.238 e. The van der Waals surface area contributed by atoms with E-state index in [-0.39, 0.29) is 11.2 Å². The molecule has 1 rings (SSSR count). The van der Waals surface area contributed by atoms with Crippen molar-refractivity contribution < 1.29 is 13.2 Å². The van der Waals surface area contributed by atoms with E-state index in [2.05, 4.69) is 5.32 Å². The van der Waals surface area contributed by atoms with Crippen molar-refractivity contribution in [2.45, 2.75) is 56.5 Å². The van der Waals surface area contributed by atoms with Gasteiger partial charge in [-0.15, -0.1) is 0 Å². The topological polar surface area (TPSA) is 89.3 Å². The Kier molecular flexibility index (Phi) is 6.26. The van der Waals surface area contributed by atoms with E-state index in [9.17, 15) is 13.2 Å². The number of carbonyl (C=O) groups excluding carboxylic acids is 1. The third-order valence-corrected chi connectivity index (χ3v) is 6.55. The Labute approximate surface area is 116 Å². The van der Waals surface area contributed by atoms with Crippen molar-refractivity contribution >= 4 is 15.7 Å². The third kappa shape index (κ3) is 4.18. The van der Waals surface area contributed by atoms with E-state index in [4.69, 9.17) is 5.73 Å². The highest BCUT2D eigenvalue weighted by Crippen LogP contribution is 2.28. The highest BCUT2D eigenvalue weighted by molar-refractivity contribution is 7.93. The van der Waals surface area contributed by atoms with Crippen LogP contribution in [-0.4, -0.2) is 37.9 Å². The van der Waals surface area contributed by atoms with E-state index >= 15 is 0 Å². The van der Waals surface area contributed by atoms with Gasteiger partial charge in [0.1, 0.15) is 5.25 Å². The lowest BCUT2D eigenvalue weighted by molar-refractivity contribution is -0.121. The molecular formula is C13H26N2O3S. The van der Waals surface area contributed by atoms with Crippen LogP contribution in [0.25, 0.3) is 0 Å². The largest absolute Gasteiger partial charge is 0.354 e. The van der Waals surface area contributed by atoms with Gasteiger partial charge in [-0.3, -0.25) is 4.79 Å². The quantitative estimate of drug-likeness (QED) is 0.758. The summed E-state index contributed by atoms with van der Waals surface area (Å²) in [4.78, 5) is 12.1. The van der Waals surface area contributed by atoms with E-state index in [1.165, 1.54) is 0 Å². The Hall–Kier alpha value is -0.620. The fourth-order valence-corrected chi connectivity index (χ4v) is 5.27. The molecule has 1 unspecified atom stereocenters. The van der Waals surface area contributed by atoms with Crippen molar-refractivity contribution in [2.75, 3.05) is 13.1 Å². The van der Waals surface area contributed by atoms with Crippen LogP contribution in [0.15, 0.2) is 0 Å². The van der Waals surface area contributed by atoms with Gasteiger partial charge < -0.3 is 11.1 Å². The second-order valence-corrected chi connectivity index (χ2v) is 7.95. The van der Waals surface area contributed by atoms with E-state index in [0.717, 1.165) is 19.3 Å². The maximum absolute atomic E-state index is 12.6. The smallest absolute Gasteiger partial charge is 0.238 e. The first-order chi connectivity index (χ1) is 8.91. The zero-order chi connectivity index (χ0) is 14.5. The average molecular weight is 290 g/mol. The number of hydrogen-bond acceptors (Lipinski definition) is 4. The molecule has 0 bridgehead atoms.